The first-order chi connectivity index (χ1) is 9.17. The summed E-state index contributed by atoms with van der Waals surface area (Å²) in [6.45, 7) is 3.07. The molecule has 104 valence electrons. The monoisotopic (exact) mass is 283 g/mol. The predicted octanol–water partition coefficient (Wildman–Crippen LogP) is 2.10. The average Bonchev–Trinajstić information content (AvgIpc) is 2.39. The second-order valence-electron chi connectivity index (χ2n) is 4.64. The Bertz CT molecular complexity index is 438. The van der Waals surface area contributed by atoms with E-state index in [4.69, 9.17) is 16.3 Å². The molecule has 1 aliphatic rings. The molecule has 1 saturated heterocycles. The zero-order chi connectivity index (χ0) is 13.7. The lowest BCUT2D eigenvalue weighted by Gasteiger charge is -2.32. The number of halogens is 1. The molecule has 0 amide bonds. The van der Waals surface area contributed by atoms with E-state index < -0.39 is 0 Å². The van der Waals surface area contributed by atoms with Gasteiger partial charge in [-0.1, -0.05) is 23.7 Å². The van der Waals surface area contributed by atoms with Crippen molar-refractivity contribution in [2.75, 3.05) is 26.8 Å². The average molecular weight is 284 g/mol. The number of morpholine rings is 1. The molecule has 0 radical (unpaired) electrons. The smallest absolute Gasteiger partial charge is 0.308 e. The van der Waals surface area contributed by atoms with Crippen LogP contribution in [0.5, 0.6) is 0 Å². The third-order valence-corrected chi connectivity index (χ3v) is 3.38. The molecule has 0 saturated carbocycles. The third-order valence-electron chi connectivity index (χ3n) is 3.14. The second kappa shape index (κ2) is 6.89. The number of hydrogen-bond acceptors (Lipinski definition) is 4. The van der Waals surface area contributed by atoms with Crippen molar-refractivity contribution in [2.45, 2.75) is 19.1 Å². The number of benzene rings is 1. The molecule has 4 nitrogen and oxygen atoms in total. The SMILES string of the molecule is COC(=O)CC1CN(Cc2cccc(Cl)c2)CCO1. The van der Waals surface area contributed by atoms with E-state index in [9.17, 15) is 4.79 Å². The van der Waals surface area contributed by atoms with Gasteiger partial charge in [-0.2, -0.15) is 0 Å². The van der Waals surface area contributed by atoms with E-state index in [0.29, 0.717) is 13.0 Å². The fourth-order valence-electron chi connectivity index (χ4n) is 2.21. The standard InChI is InChI=1S/C14H18ClNO3/c1-18-14(17)8-13-10-16(5-6-19-13)9-11-3-2-4-12(15)7-11/h2-4,7,13H,5-6,8-10H2,1H3. The summed E-state index contributed by atoms with van der Waals surface area (Å²) in [5.41, 5.74) is 1.17. The van der Waals surface area contributed by atoms with Crippen LogP contribution >= 0.6 is 11.6 Å². The van der Waals surface area contributed by atoms with Crippen LogP contribution in [0, 0.1) is 0 Å². The summed E-state index contributed by atoms with van der Waals surface area (Å²) in [7, 11) is 1.40. The van der Waals surface area contributed by atoms with Crippen LogP contribution in [0.4, 0.5) is 0 Å². The van der Waals surface area contributed by atoms with Gasteiger partial charge in [0, 0.05) is 24.7 Å². The summed E-state index contributed by atoms with van der Waals surface area (Å²) in [5.74, 6) is -0.227. The molecular weight excluding hydrogens is 266 g/mol. The van der Waals surface area contributed by atoms with Crippen LogP contribution in [0.25, 0.3) is 0 Å². The van der Waals surface area contributed by atoms with E-state index in [-0.39, 0.29) is 12.1 Å². The van der Waals surface area contributed by atoms with Crippen molar-refractivity contribution < 1.29 is 14.3 Å². The normalized spacial score (nSPS) is 20.2. The van der Waals surface area contributed by atoms with E-state index in [0.717, 1.165) is 24.7 Å². The molecular formula is C14H18ClNO3. The van der Waals surface area contributed by atoms with Crippen LogP contribution in [0.1, 0.15) is 12.0 Å². The Morgan fingerprint density at radius 2 is 2.42 bits per heavy atom. The Kier molecular flexibility index (Phi) is 5.19. The van der Waals surface area contributed by atoms with Gasteiger partial charge >= 0.3 is 5.97 Å². The highest BCUT2D eigenvalue weighted by atomic mass is 35.5. The van der Waals surface area contributed by atoms with Crippen molar-refractivity contribution in [3.8, 4) is 0 Å². The highest BCUT2D eigenvalue weighted by Crippen LogP contribution is 2.16. The Morgan fingerprint density at radius 3 is 3.16 bits per heavy atom. The zero-order valence-corrected chi connectivity index (χ0v) is 11.7. The van der Waals surface area contributed by atoms with E-state index in [1.54, 1.807) is 0 Å². The van der Waals surface area contributed by atoms with Gasteiger partial charge in [0.15, 0.2) is 0 Å². The molecule has 1 aliphatic heterocycles. The minimum atomic E-state index is -0.227. The third kappa shape index (κ3) is 4.49. The summed E-state index contributed by atoms with van der Waals surface area (Å²) < 4.78 is 10.2. The molecule has 1 heterocycles. The molecule has 5 heteroatoms. The molecule has 1 atom stereocenters. The fourth-order valence-corrected chi connectivity index (χ4v) is 2.42. The number of esters is 1. The Hall–Kier alpha value is -1.10. The lowest BCUT2D eigenvalue weighted by atomic mass is 10.1. The maximum atomic E-state index is 11.3. The van der Waals surface area contributed by atoms with Gasteiger partial charge in [-0.3, -0.25) is 9.69 Å². The summed E-state index contributed by atoms with van der Waals surface area (Å²) in [5, 5.41) is 0.747. The van der Waals surface area contributed by atoms with Gasteiger partial charge in [0.2, 0.25) is 0 Å². The van der Waals surface area contributed by atoms with Gasteiger partial charge in [-0.25, -0.2) is 0 Å². The fraction of sp³-hybridized carbons (Fsp3) is 0.500. The zero-order valence-electron chi connectivity index (χ0n) is 11.0. The van der Waals surface area contributed by atoms with E-state index in [2.05, 4.69) is 15.7 Å². The van der Waals surface area contributed by atoms with Crippen molar-refractivity contribution in [1.82, 2.24) is 4.90 Å². The summed E-state index contributed by atoms with van der Waals surface area (Å²) in [6, 6.07) is 7.83. The highest BCUT2D eigenvalue weighted by molar-refractivity contribution is 6.30. The molecule has 0 aliphatic carbocycles. The minimum Gasteiger partial charge on any atom is -0.469 e. The highest BCUT2D eigenvalue weighted by Gasteiger charge is 2.23. The number of methoxy groups -OCH3 is 1. The number of carbonyl (C=O) groups excluding carboxylic acids is 1. The Balaban J connectivity index is 1.89. The Labute approximate surface area is 118 Å². The minimum absolute atomic E-state index is 0.0830. The summed E-state index contributed by atoms with van der Waals surface area (Å²) in [6.07, 6.45) is 0.225. The van der Waals surface area contributed by atoms with Crippen molar-refractivity contribution in [3.63, 3.8) is 0 Å². The maximum absolute atomic E-state index is 11.3. The van der Waals surface area contributed by atoms with Crippen LogP contribution in [0.2, 0.25) is 5.02 Å². The number of hydrogen-bond donors (Lipinski definition) is 0. The molecule has 0 aromatic heterocycles. The molecule has 1 aromatic rings. The number of nitrogens with zero attached hydrogens (tertiary/aromatic N) is 1. The topological polar surface area (TPSA) is 38.8 Å². The lowest BCUT2D eigenvalue weighted by molar-refractivity contribution is -0.145. The summed E-state index contributed by atoms with van der Waals surface area (Å²) in [4.78, 5) is 13.5. The molecule has 0 bridgehead atoms. The van der Waals surface area contributed by atoms with Crippen molar-refractivity contribution in [2.24, 2.45) is 0 Å². The first-order valence-corrected chi connectivity index (χ1v) is 6.70. The predicted molar refractivity (Wildman–Crippen MR) is 73.1 cm³/mol. The Morgan fingerprint density at radius 1 is 1.58 bits per heavy atom. The number of rotatable bonds is 4. The largest absolute Gasteiger partial charge is 0.469 e. The first-order valence-electron chi connectivity index (χ1n) is 6.32. The van der Waals surface area contributed by atoms with Gasteiger partial charge < -0.3 is 9.47 Å². The quantitative estimate of drug-likeness (QED) is 0.794. The first kappa shape index (κ1) is 14.3. The molecule has 0 spiro atoms. The van der Waals surface area contributed by atoms with E-state index in [1.807, 2.05) is 18.2 Å². The molecule has 1 unspecified atom stereocenters. The lowest BCUT2D eigenvalue weighted by Crippen LogP contribution is -2.42. The van der Waals surface area contributed by atoms with E-state index in [1.165, 1.54) is 12.7 Å². The number of carbonyl (C=O) groups is 1. The van der Waals surface area contributed by atoms with Crippen LogP contribution in [-0.4, -0.2) is 43.8 Å². The summed E-state index contributed by atoms with van der Waals surface area (Å²) >= 11 is 5.97. The van der Waals surface area contributed by atoms with Gasteiger partial charge in [-0.15, -0.1) is 0 Å². The maximum Gasteiger partial charge on any atom is 0.308 e. The number of ether oxygens (including phenoxy) is 2. The van der Waals surface area contributed by atoms with Crippen LogP contribution < -0.4 is 0 Å². The van der Waals surface area contributed by atoms with Gasteiger partial charge in [-0.05, 0) is 17.7 Å². The molecule has 1 aromatic carbocycles. The van der Waals surface area contributed by atoms with Gasteiger partial charge in [0.1, 0.15) is 0 Å². The van der Waals surface area contributed by atoms with Gasteiger partial charge in [0.25, 0.3) is 0 Å². The second-order valence-corrected chi connectivity index (χ2v) is 5.07. The molecule has 19 heavy (non-hydrogen) atoms. The van der Waals surface area contributed by atoms with E-state index >= 15 is 0 Å². The van der Waals surface area contributed by atoms with Crippen molar-refractivity contribution in [1.29, 1.82) is 0 Å². The van der Waals surface area contributed by atoms with Crippen LogP contribution in [0.3, 0.4) is 0 Å². The molecule has 0 N–H and O–H groups in total. The van der Waals surface area contributed by atoms with Crippen LogP contribution in [-0.2, 0) is 20.8 Å². The molecule has 1 fully saturated rings. The molecule has 2 rings (SSSR count). The van der Waals surface area contributed by atoms with Gasteiger partial charge in [0.05, 0.1) is 26.2 Å². The van der Waals surface area contributed by atoms with Crippen molar-refractivity contribution in [3.05, 3.63) is 34.9 Å². The van der Waals surface area contributed by atoms with Crippen LogP contribution in [0.15, 0.2) is 24.3 Å². The van der Waals surface area contributed by atoms with Crippen molar-refractivity contribution >= 4 is 17.6 Å².